The maximum atomic E-state index is 12.6. The molecule has 1 atom stereocenters. The van der Waals surface area contributed by atoms with Crippen molar-refractivity contribution in [3.8, 4) is 23.0 Å². The maximum absolute atomic E-state index is 12.6. The number of aromatic hydroxyl groups is 2. The van der Waals surface area contributed by atoms with E-state index in [1.807, 2.05) is 31.2 Å². The van der Waals surface area contributed by atoms with E-state index < -0.39 is 6.10 Å². The number of phenolic OH excluding ortho intramolecular Hbond substituents is 2. The van der Waals surface area contributed by atoms with Crippen molar-refractivity contribution in [1.29, 1.82) is 0 Å². The van der Waals surface area contributed by atoms with Gasteiger partial charge in [0.05, 0.1) is 6.67 Å². The Labute approximate surface area is 209 Å². The molecule has 0 saturated carbocycles. The third-order valence-electron chi connectivity index (χ3n) is 6.58. The molecule has 3 aromatic rings. The molecular formula is C28H27ClFNO4. The Bertz CT molecular complexity index is 1230. The first kappa shape index (κ1) is 23.5. The van der Waals surface area contributed by atoms with Crippen LogP contribution in [0, 0.1) is 5.92 Å². The van der Waals surface area contributed by atoms with Crippen molar-refractivity contribution in [2.75, 3.05) is 32.9 Å². The average molecular weight is 496 g/mol. The highest BCUT2D eigenvalue weighted by atomic mass is 35.5. The Kier molecular flexibility index (Phi) is 6.58. The Morgan fingerprint density at radius 3 is 2.51 bits per heavy atom. The molecule has 2 aliphatic rings. The van der Waals surface area contributed by atoms with Gasteiger partial charge in [-0.05, 0) is 72.2 Å². The van der Waals surface area contributed by atoms with E-state index >= 15 is 0 Å². The standard InChI is InChI=1S/C28H27ClFNO4/c1-17-25-13-22(32)4-7-26(25)35-28(27(17)20-10-21(29)12-23(33)11-20)19-2-5-24(6-3-19)34-9-8-31-15-18(14-30)16-31/h2-7,10-13,18,28,32-33H,8-9,14-16H2,1H3. The van der Waals surface area contributed by atoms with Gasteiger partial charge in [0.25, 0.3) is 0 Å². The summed E-state index contributed by atoms with van der Waals surface area (Å²) in [4.78, 5) is 2.18. The molecule has 5 nitrogen and oxygen atoms in total. The molecule has 0 aliphatic carbocycles. The molecule has 0 spiro atoms. The van der Waals surface area contributed by atoms with Crippen LogP contribution in [0.15, 0.2) is 60.7 Å². The number of phenols is 2. The second-order valence-corrected chi connectivity index (χ2v) is 9.55. The van der Waals surface area contributed by atoms with E-state index in [0.717, 1.165) is 53.2 Å². The van der Waals surface area contributed by atoms with Gasteiger partial charge in [-0.25, -0.2) is 0 Å². The van der Waals surface area contributed by atoms with Crippen LogP contribution >= 0.6 is 11.6 Å². The first-order chi connectivity index (χ1) is 16.9. The number of fused-ring (bicyclic) bond motifs is 1. The van der Waals surface area contributed by atoms with Crippen LogP contribution in [-0.4, -0.2) is 48.0 Å². The number of likely N-dealkylation sites (tertiary alicyclic amines) is 1. The Morgan fingerprint density at radius 2 is 1.80 bits per heavy atom. The Hall–Kier alpha value is -3.22. The van der Waals surface area contributed by atoms with Gasteiger partial charge in [-0.3, -0.25) is 9.29 Å². The minimum Gasteiger partial charge on any atom is -0.508 e. The largest absolute Gasteiger partial charge is 0.508 e. The molecular weight excluding hydrogens is 469 g/mol. The highest BCUT2D eigenvalue weighted by Crippen LogP contribution is 2.48. The van der Waals surface area contributed by atoms with Crippen molar-refractivity contribution in [2.24, 2.45) is 5.92 Å². The predicted molar refractivity (Wildman–Crippen MR) is 135 cm³/mol. The second-order valence-electron chi connectivity index (χ2n) is 9.11. The summed E-state index contributed by atoms with van der Waals surface area (Å²) in [7, 11) is 0. The van der Waals surface area contributed by atoms with Crippen molar-refractivity contribution in [3.05, 3.63) is 82.4 Å². The Balaban J connectivity index is 1.40. The molecule has 2 aliphatic heterocycles. The van der Waals surface area contributed by atoms with Gasteiger partial charge in [0.2, 0.25) is 0 Å². The van der Waals surface area contributed by atoms with Gasteiger partial charge in [-0.15, -0.1) is 0 Å². The van der Waals surface area contributed by atoms with Crippen LogP contribution in [0.25, 0.3) is 11.1 Å². The molecule has 35 heavy (non-hydrogen) atoms. The lowest BCUT2D eigenvalue weighted by Crippen LogP contribution is -2.49. The highest BCUT2D eigenvalue weighted by Gasteiger charge is 2.30. The summed E-state index contributed by atoms with van der Waals surface area (Å²) in [5, 5.41) is 20.7. The molecule has 0 bridgehead atoms. The first-order valence-electron chi connectivity index (χ1n) is 11.6. The number of rotatable bonds is 7. The molecule has 2 heterocycles. The zero-order valence-corrected chi connectivity index (χ0v) is 20.1. The van der Waals surface area contributed by atoms with Gasteiger partial charge in [0.15, 0.2) is 0 Å². The summed E-state index contributed by atoms with van der Waals surface area (Å²) in [6.45, 7) is 4.63. The van der Waals surface area contributed by atoms with Crippen molar-refractivity contribution >= 4 is 22.7 Å². The summed E-state index contributed by atoms with van der Waals surface area (Å²) in [6, 6.07) is 17.7. The molecule has 1 fully saturated rings. The smallest absolute Gasteiger partial charge is 0.150 e. The molecule has 2 N–H and O–H groups in total. The molecule has 1 unspecified atom stereocenters. The molecule has 1 saturated heterocycles. The monoisotopic (exact) mass is 495 g/mol. The van der Waals surface area contributed by atoms with Gasteiger partial charge in [0.1, 0.15) is 35.7 Å². The number of alkyl halides is 1. The summed E-state index contributed by atoms with van der Waals surface area (Å²) >= 11 is 6.26. The minimum absolute atomic E-state index is 0.0667. The van der Waals surface area contributed by atoms with Crippen molar-refractivity contribution in [2.45, 2.75) is 13.0 Å². The van der Waals surface area contributed by atoms with Gasteiger partial charge in [-0.2, -0.15) is 0 Å². The fourth-order valence-corrected chi connectivity index (χ4v) is 4.99. The lowest BCUT2D eigenvalue weighted by atomic mass is 9.86. The van der Waals surface area contributed by atoms with Gasteiger partial charge >= 0.3 is 0 Å². The average Bonchev–Trinajstić information content (AvgIpc) is 2.80. The predicted octanol–water partition coefficient (Wildman–Crippen LogP) is 6.10. The van der Waals surface area contributed by atoms with Gasteiger partial charge in [-0.1, -0.05) is 23.7 Å². The lowest BCUT2D eigenvalue weighted by Gasteiger charge is -2.37. The van der Waals surface area contributed by atoms with Gasteiger partial charge < -0.3 is 19.7 Å². The van der Waals surface area contributed by atoms with E-state index in [0.29, 0.717) is 17.4 Å². The zero-order valence-electron chi connectivity index (χ0n) is 19.4. The number of hydrogen-bond donors (Lipinski definition) is 2. The van der Waals surface area contributed by atoms with Crippen LogP contribution in [0.3, 0.4) is 0 Å². The van der Waals surface area contributed by atoms with E-state index in [-0.39, 0.29) is 24.1 Å². The zero-order chi connectivity index (χ0) is 24.5. The van der Waals surface area contributed by atoms with Crippen molar-refractivity contribution in [1.82, 2.24) is 4.90 Å². The fourth-order valence-electron chi connectivity index (χ4n) is 4.76. The summed E-state index contributed by atoms with van der Waals surface area (Å²) < 4.78 is 24.9. The summed E-state index contributed by atoms with van der Waals surface area (Å²) in [5.41, 5.74) is 4.23. The normalized spacial score (nSPS) is 18.1. The van der Waals surface area contributed by atoms with Crippen LogP contribution in [0.1, 0.15) is 29.7 Å². The van der Waals surface area contributed by atoms with Crippen LogP contribution in [0.5, 0.6) is 23.0 Å². The SMILES string of the molecule is CC1=C(c2cc(O)cc(Cl)c2)C(c2ccc(OCCN3CC(CF)C3)cc2)Oc2ccc(O)cc21. The fraction of sp³-hybridized carbons (Fsp3) is 0.286. The third-order valence-corrected chi connectivity index (χ3v) is 6.80. The minimum atomic E-state index is -0.447. The van der Waals surface area contributed by atoms with Crippen LogP contribution < -0.4 is 9.47 Å². The summed E-state index contributed by atoms with van der Waals surface area (Å²) in [6.07, 6.45) is -0.447. The third kappa shape index (κ3) is 4.95. The number of nitrogens with zero attached hydrogens (tertiary/aromatic N) is 1. The quantitative estimate of drug-likeness (QED) is 0.415. The van der Waals surface area contributed by atoms with E-state index in [1.165, 1.54) is 6.07 Å². The molecule has 0 aromatic heterocycles. The van der Waals surface area contributed by atoms with E-state index in [1.54, 1.807) is 30.3 Å². The molecule has 5 rings (SSSR count). The number of allylic oxidation sites excluding steroid dienone is 1. The number of ether oxygens (including phenoxy) is 2. The number of benzene rings is 3. The highest BCUT2D eigenvalue weighted by molar-refractivity contribution is 6.31. The molecule has 0 radical (unpaired) electrons. The molecule has 0 amide bonds. The molecule has 182 valence electrons. The van der Waals surface area contributed by atoms with Crippen LogP contribution in [-0.2, 0) is 0 Å². The van der Waals surface area contributed by atoms with Crippen LogP contribution in [0.2, 0.25) is 5.02 Å². The molecule has 7 heteroatoms. The number of hydrogen-bond acceptors (Lipinski definition) is 5. The van der Waals surface area contributed by atoms with E-state index in [4.69, 9.17) is 21.1 Å². The maximum Gasteiger partial charge on any atom is 0.150 e. The van der Waals surface area contributed by atoms with Gasteiger partial charge in [0, 0.05) is 41.7 Å². The van der Waals surface area contributed by atoms with Crippen molar-refractivity contribution in [3.63, 3.8) is 0 Å². The van der Waals surface area contributed by atoms with E-state index in [2.05, 4.69) is 4.90 Å². The van der Waals surface area contributed by atoms with Crippen LogP contribution in [0.4, 0.5) is 4.39 Å². The number of halogens is 2. The van der Waals surface area contributed by atoms with E-state index in [9.17, 15) is 14.6 Å². The lowest BCUT2D eigenvalue weighted by molar-refractivity contribution is 0.0668. The first-order valence-corrected chi connectivity index (χ1v) is 12.0. The Morgan fingerprint density at radius 1 is 1.03 bits per heavy atom. The van der Waals surface area contributed by atoms with Crippen molar-refractivity contribution < 1.29 is 24.1 Å². The molecule has 3 aromatic carbocycles. The summed E-state index contributed by atoms with van der Waals surface area (Å²) in [5.74, 6) is 1.81. The second kappa shape index (κ2) is 9.80. The topological polar surface area (TPSA) is 62.2 Å².